The van der Waals surface area contributed by atoms with Crippen molar-refractivity contribution in [2.75, 3.05) is 5.32 Å². The average Bonchev–Trinajstić information content (AvgIpc) is 2.96. The number of carbonyl (C=O) groups excluding carboxylic acids is 1. The van der Waals surface area contributed by atoms with Crippen molar-refractivity contribution >= 4 is 11.7 Å². The molecule has 0 aliphatic heterocycles. The molecule has 0 aromatic carbocycles. The third-order valence-electron chi connectivity index (χ3n) is 2.66. The molecular weight excluding hydrogens is 216 g/mol. The SMILES string of the molecule is CCc1cc(NC(=O)c2cccn2CC)n[nH]1. The topological polar surface area (TPSA) is 62.7 Å². The summed E-state index contributed by atoms with van der Waals surface area (Å²) < 4.78 is 1.89. The second-order valence-electron chi connectivity index (χ2n) is 3.77. The highest BCUT2D eigenvalue weighted by molar-refractivity contribution is 6.02. The van der Waals surface area contributed by atoms with Crippen LogP contribution in [0.15, 0.2) is 24.4 Å². The van der Waals surface area contributed by atoms with Crippen LogP contribution in [0.1, 0.15) is 30.0 Å². The fourth-order valence-electron chi connectivity index (χ4n) is 1.68. The second-order valence-corrected chi connectivity index (χ2v) is 3.77. The van der Waals surface area contributed by atoms with Crippen molar-refractivity contribution in [3.05, 3.63) is 35.8 Å². The zero-order chi connectivity index (χ0) is 12.3. The summed E-state index contributed by atoms with van der Waals surface area (Å²) >= 11 is 0. The van der Waals surface area contributed by atoms with E-state index in [9.17, 15) is 4.79 Å². The predicted molar refractivity (Wildman–Crippen MR) is 66.0 cm³/mol. The van der Waals surface area contributed by atoms with Gasteiger partial charge in [0.15, 0.2) is 5.82 Å². The minimum atomic E-state index is -0.133. The van der Waals surface area contributed by atoms with E-state index >= 15 is 0 Å². The number of anilines is 1. The molecule has 0 aliphatic rings. The fraction of sp³-hybridized carbons (Fsp3) is 0.333. The maximum Gasteiger partial charge on any atom is 0.273 e. The molecule has 0 unspecified atom stereocenters. The average molecular weight is 232 g/mol. The Hall–Kier alpha value is -2.04. The third-order valence-corrected chi connectivity index (χ3v) is 2.66. The highest BCUT2D eigenvalue weighted by atomic mass is 16.2. The second kappa shape index (κ2) is 4.86. The predicted octanol–water partition coefficient (Wildman–Crippen LogP) is 2.05. The highest BCUT2D eigenvalue weighted by Crippen LogP contribution is 2.09. The molecule has 0 bridgehead atoms. The highest BCUT2D eigenvalue weighted by Gasteiger charge is 2.11. The molecule has 2 aromatic rings. The number of H-pyrrole nitrogens is 1. The first-order chi connectivity index (χ1) is 8.24. The zero-order valence-corrected chi connectivity index (χ0v) is 10.0. The number of hydrogen-bond acceptors (Lipinski definition) is 2. The summed E-state index contributed by atoms with van der Waals surface area (Å²) in [6, 6.07) is 5.50. The van der Waals surface area contributed by atoms with E-state index in [0.717, 1.165) is 18.7 Å². The van der Waals surface area contributed by atoms with Crippen LogP contribution in [0.2, 0.25) is 0 Å². The Balaban J connectivity index is 2.11. The van der Waals surface area contributed by atoms with Crippen molar-refractivity contribution in [2.45, 2.75) is 26.8 Å². The fourth-order valence-corrected chi connectivity index (χ4v) is 1.68. The van der Waals surface area contributed by atoms with Gasteiger partial charge in [0.2, 0.25) is 0 Å². The Morgan fingerprint density at radius 2 is 2.35 bits per heavy atom. The molecule has 1 amide bonds. The lowest BCUT2D eigenvalue weighted by Crippen LogP contribution is -2.16. The molecule has 90 valence electrons. The number of nitrogens with one attached hydrogen (secondary N) is 2. The molecule has 0 fully saturated rings. The number of aryl methyl sites for hydroxylation is 2. The smallest absolute Gasteiger partial charge is 0.273 e. The largest absolute Gasteiger partial charge is 0.344 e. The lowest BCUT2D eigenvalue weighted by molar-refractivity contribution is 0.101. The molecule has 17 heavy (non-hydrogen) atoms. The summed E-state index contributed by atoms with van der Waals surface area (Å²) in [4.78, 5) is 12.0. The van der Waals surface area contributed by atoms with Crippen molar-refractivity contribution in [2.24, 2.45) is 0 Å². The molecule has 2 N–H and O–H groups in total. The van der Waals surface area contributed by atoms with Crippen molar-refractivity contribution in [1.82, 2.24) is 14.8 Å². The number of aromatic amines is 1. The first kappa shape index (κ1) is 11.4. The van der Waals surface area contributed by atoms with Gasteiger partial charge >= 0.3 is 0 Å². The molecule has 0 saturated carbocycles. The Morgan fingerprint density at radius 3 is 3.00 bits per heavy atom. The van der Waals surface area contributed by atoms with E-state index in [4.69, 9.17) is 0 Å². The minimum Gasteiger partial charge on any atom is -0.344 e. The van der Waals surface area contributed by atoms with Gasteiger partial charge in [-0.25, -0.2) is 0 Å². The minimum absolute atomic E-state index is 0.133. The summed E-state index contributed by atoms with van der Waals surface area (Å²) in [5.41, 5.74) is 1.65. The van der Waals surface area contributed by atoms with E-state index in [1.165, 1.54) is 0 Å². The summed E-state index contributed by atoms with van der Waals surface area (Å²) in [5.74, 6) is 0.432. The first-order valence-electron chi connectivity index (χ1n) is 5.75. The van der Waals surface area contributed by atoms with Crippen molar-refractivity contribution < 1.29 is 4.79 Å². The van der Waals surface area contributed by atoms with Gasteiger partial charge < -0.3 is 9.88 Å². The van der Waals surface area contributed by atoms with E-state index in [2.05, 4.69) is 15.5 Å². The van der Waals surface area contributed by atoms with Crippen molar-refractivity contribution in [1.29, 1.82) is 0 Å². The molecule has 0 aliphatic carbocycles. The van der Waals surface area contributed by atoms with E-state index in [1.54, 1.807) is 6.07 Å². The zero-order valence-electron chi connectivity index (χ0n) is 10.0. The van der Waals surface area contributed by atoms with Crippen LogP contribution in [0.3, 0.4) is 0 Å². The lowest BCUT2D eigenvalue weighted by atomic mass is 10.3. The number of aromatic nitrogens is 3. The van der Waals surface area contributed by atoms with Crippen LogP contribution in [-0.4, -0.2) is 20.7 Å². The van der Waals surface area contributed by atoms with Crippen LogP contribution in [-0.2, 0) is 13.0 Å². The summed E-state index contributed by atoms with van der Waals surface area (Å²) in [5, 5.41) is 9.66. The van der Waals surface area contributed by atoms with E-state index < -0.39 is 0 Å². The van der Waals surface area contributed by atoms with Gasteiger partial charge in [-0.15, -0.1) is 0 Å². The Labute approximate surface area is 99.8 Å². The monoisotopic (exact) mass is 232 g/mol. The number of hydrogen-bond donors (Lipinski definition) is 2. The first-order valence-corrected chi connectivity index (χ1v) is 5.75. The normalized spacial score (nSPS) is 10.5. The Bertz CT molecular complexity index is 512. The van der Waals surface area contributed by atoms with Crippen LogP contribution in [0.5, 0.6) is 0 Å². The Kier molecular flexibility index (Phi) is 3.27. The van der Waals surface area contributed by atoms with Crippen LogP contribution in [0.4, 0.5) is 5.82 Å². The van der Waals surface area contributed by atoms with Gasteiger partial charge in [0, 0.05) is 24.5 Å². The number of amides is 1. The van der Waals surface area contributed by atoms with Gasteiger partial charge in [0.25, 0.3) is 5.91 Å². The van der Waals surface area contributed by atoms with Crippen LogP contribution in [0.25, 0.3) is 0 Å². The maximum atomic E-state index is 12.0. The van der Waals surface area contributed by atoms with Gasteiger partial charge in [-0.2, -0.15) is 5.10 Å². The summed E-state index contributed by atoms with van der Waals surface area (Å²) in [7, 11) is 0. The van der Waals surface area contributed by atoms with Crippen LogP contribution < -0.4 is 5.32 Å². The molecule has 0 atom stereocenters. The van der Waals surface area contributed by atoms with Crippen molar-refractivity contribution in [3.8, 4) is 0 Å². The summed E-state index contributed by atoms with van der Waals surface area (Å²) in [6.07, 6.45) is 2.76. The van der Waals surface area contributed by atoms with Crippen LogP contribution in [0, 0.1) is 0 Å². The number of carbonyl (C=O) groups is 1. The van der Waals surface area contributed by atoms with Gasteiger partial charge in [0.1, 0.15) is 5.69 Å². The quantitative estimate of drug-likeness (QED) is 0.847. The molecule has 0 saturated heterocycles. The van der Waals surface area contributed by atoms with Crippen LogP contribution >= 0.6 is 0 Å². The molecule has 5 nitrogen and oxygen atoms in total. The molecular formula is C12H16N4O. The lowest BCUT2D eigenvalue weighted by Gasteiger charge is -2.05. The molecule has 2 rings (SSSR count). The Morgan fingerprint density at radius 1 is 1.53 bits per heavy atom. The van der Waals surface area contributed by atoms with E-state index in [0.29, 0.717) is 11.5 Å². The van der Waals surface area contributed by atoms with Gasteiger partial charge in [-0.1, -0.05) is 6.92 Å². The van der Waals surface area contributed by atoms with E-state index in [-0.39, 0.29) is 5.91 Å². The van der Waals surface area contributed by atoms with Crippen molar-refractivity contribution in [3.63, 3.8) is 0 Å². The standard InChI is InChI=1S/C12H16N4O/c1-3-9-8-11(15-14-9)13-12(17)10-6-5-7-16(10)4-2/h5-8H,3-4H2,1-2H3,(H2,13,14,15,17). The van der Waals surface area contributed by atoms with Gasteiger partial charge in [-0.3, -0.25) is 9.89 Å². The number of rotatable bonds is 4. The molecule has 0 spiro atoms. The molecule has 5 heteroatoms. The summed E-state index contributed by atoms with van der Waals surface area (Å²) in [6.45, 7) is 4.80. The molecule has 2 heterocycles. The van der Waals surface area contributed by atoms with Gasteiger partial charge in [-0.05, 0) is 25.5 Å². The van der Waals surface area contributed by atoms with E-state index in [1.807, 2.05) is 36.7 Å². The number of nitrogens with zero attached hydrogens (tertiary/aromatic N) is 2. The molecule has 0 radical (unpaired) electrons. The maximum absolute atomic E-state index is 12.0. The third kappa shape index (κ3) is 2.38. The molecule has 2 aromatic heterocycles. The van der Waals surface area contributed by atoms with Gasteiger partial charge in [0.05, 0.1) is 0 Å².